The number of benzene rings is 3. The highest BCUT2D eigenvalue weighted by Crippen LogP contribution is 2.26. The molecule has 1 heterocycles. The summed E-state index contributed by atoms with van der Waals surface area (Å²) in [6, 6.07) is 25.4. The summed E-state index contributed by atoms with van der Waals surface area (Å²) in [6.07, 6.45) is 5.18. The van der Waals surface area contributed by atoms with Crippen LogP contribution in [-0.4, -0.2) is 26.9 Å². The predicted molar refractivity (Wildman–Crippen MR) is 157 cm³/mol. The van der Waals surface area contributed by atoms with Crippen molar-refractivity contribution in [1.82, 2.24) is 9.55 Å². The molecule has 1 fully saturated rings. The second kappa shape index (κ2) is 12.3. The third-order valence-electron chi connectivity index (χ3n) is 7.66. The molecule has 0 amide bonds. The Morgan fingerprint density at radius 1 is 1.02 bits per heavy atom. The molecule has 1 aliphatic rings. The van der Waals surface area contributed by atoms with E-state index in [-0.39, 0.29) is 11.7 Å². The van der Waals surface area contributed by atoms with Crippen molar-refractivity contribution in [3.8, 4) is 28.6 Å². The zero-order valence-corrected chi connectivity index (χ0v) is 23.1. The van der Waals surface area contributed by atoms with Crippen molar-refractivity contribution >= 4 is 0 Å². The van der Waals surface area contributed by atoms with Crippen molar-refractivity contribution in [2.24, 2.45) is 0 Å². The van der Waals surface area contributed by atoms with Crippen LogP contribution in [0.3, 0.4) is 0 Å². The Morgan fingerprint density at radius 3 is 2.45 bits per heavy atom. The van der Waals surface area contributed by atoms with Crippen molar-refractivity contribution < 1.29 is 9.84 Å². The number of hydrogen-bond acceptors (Lipinski definition) is 5. The molecule has 6 nitrogen and oxygen atoms in total. The van der Waals surface area contributed by atoms with E-state index in [1.54, 1.807) is 4.57 Å². The number of aryl methyl sites for hydroxylation is 2. The minimum atomic E-state index is -0.439. The average molecular weight is 534 g/mol. The number of nitrogens with zero attached hydrogens (tertiary/aromatic N) is 3. The minimum absolute atomic E-state index is 0.0637. The number of aromatic nitrogens is 2. The van der Waals surface area contributed by atoms with Crippen LogP contribution in [0, 0.1) is 18.3 Å². The molecule has 0 unspecified atom stereocenters. The molecule has 0 radical (unpaired) electrons. The van der Waals surface area contributed by atoms with Gasteiger partial charge in [0.2, 0.25) is 0 Å². The first-order chi connectivity index (χ1) is 19.5. The van der Waals surface area contributed by atoms with Gasteiger partial charge in [-0.25, -0.2) is 4.98 Å². The van der Waals surface area contributed by atoms with E-state index in [2.05, 4.69) is 13.0 Å². The lowest BCUT2D eigenvalue weighted by molar-refractivity contribution is 0.00688. The Labute approximate surface area is 235 Å². The lowest BCUT2D eigenvalue weighted by Gasteiger charge is -2.28. The Morgan fingerprint density at radius 2 is 1.75 bits per heavy atom. The predicted octanol–water partition coefficient (Wildman–Crippen LogP) is 6.31. The van der Waals surface area contributed by atoms with Crippen LogP contribution >= 0.6 is 0 Å². The minimum Gasteiger partial charge on any atom is -0.488 e. The van der Waals surface area contributed by atoms with Gasteiger partial charge in [-0.15, -0.1) is 0 Å². The molecule has 0 saturated heterocycles. The molecule has 4 aromatic rings. The lowest BCUT2D eigenvalue weighted by atomic mass is 9.95. The van der Waals surface area contributed by atoms with E-state index in [9.17, 15) is 15.2 Å². The highest BCUT2D eigenvalue weighted by atomic mass is 16.5. The van der Waals surface area contributed by atoms with Crippen LogP contribution in [0.25, 0.3) is 16.8 Å². The zero-order valence-electron chi connectivity index (χ0n) is 23.1. The monoisotopic (exact) mass is 533 g/mol. The Bertz CT molecular complexity index is 1570. The second-order valence-electron chi connectivity index (χ2n) is 10.5. The molecule has 3 aromatic carbocycles. The summed E-state index contributed by atoms with van der Waals surface area (Å²) in [7, 11) is 0. The smallest absolute Gasteiger partial charge is 0.261 e. The molecule has 0 bridgehead atoms. The molecule has 6 heteroatoms. The highest BCUT2D eigenvalue weighted by Gasteiger charge is 2.24. The quantitative estimate of drug-likeness (QED) is 0.287. The van der Waals surface area contributed by atoms with E-state index in [1.165, 1.54) is 0 Å². The summed E-state index contributed by atoms with van der Waals surface area (Å²) >= 11 is 0. The van der Waals surface area contributed by atoms with Gasteiger partial charge in [0.1, 0.15) is 17.7 Å². The summed E-state index contributed by atoms with van der Waals surface area (Å²) < 4.78 is 7.73. The van der Waals surface area contributed by atoms with E-state index in [1.807, 2.05) is 79.7 Å². The lowest BCUT2D eigenvalue weighted by Crippen LogP contribution is -2.34. The van der Waals surface area contributed by atoms with Gasteiger partial charge in [-0.3, -0.25) is 9.36 Å². The largest absolute Gasteiger partial charge is 0.488 e. The second-order valence-corrected chi connectivity index (χ2v) is 10.5. The molecule has 40 heavy (non-hydrogen) atoms. The van der Waals surface area contributed by atoms with Crippen molar-refractivity contribution in [3.05, 3.63) is 111 Å². The summed E-state index contributed by atoms with van der Waals surface area (Å²) in [6.45, 7) is 3.96. The Balaban J connectivity index is 1.43. The first kappa shape index (κ1) is 27.4. The third-order valence-corrected chi connectivity index (χ3v) is 7.66. The van der Waals surface area contributed by atoms with Crippen molar-refractivity contribution in [2.75, 3.05) is 0 Å². The van der Waals surface area contributed by atoms with Gasteiger partial charge in [-0.05, 0) is 79.6 Å². The maximum Gasteiger partial charge on any atom is 0.261 e. The van der Waals surface area contributed by atoms with Crippen LogP contribution in [0.4, 0.5) is 0 Å². The van der Waals surface area contributed by atoms with Gasteiger partial charge in [0.05, 0.1) is 29.1 Å². The van der Waals surface area contributed by atoms with Crippen LogP contribution in [0.1, 0.15) is 67.2 Å². The van der Waals surface area contributed by atoms with Crippen LogP contribution in [0.5, 0.6) is 5.75 Å². The summed E-state index contributed by atoms with van der Waals surface area (Å²) in [5.41, 5.74) is 5.72. The fourth-order valence-electron chi connectivity index (χ4n) is 5.55. The molecule has 0 spiro atoms. The Hall–Kier alpha value is -4.21. The molecular weight excluding hydrogens is 498 g/mol. The maximum absolute atomic E-state index is 13.9. The van der Waals surface area contributed by atoms with E-state index >= 15 is 0 Å². The number of hydrogen-bond donors (Lipinski definition) is 1. The fourth-order valence-corrected chi connectivity index (χ4v) is 5.55. The molecule has 1 saturated carbocycles. The SMILES string of the molecule is CCCc1nc(C)n(-c2ccc(O[C@H]3CCCC[C@@H]3O)cc2)c(=O)c1Cc1ccc(-c2ccccc2C#N)cc1. The molecule has 1 aliphatic carbocycles. The molecule has 5 rings (SSSR count). The van der Waals surface area contributed by atoms with E-state index in [0.717, 1.165) is 66.6 Å². The fraction of sp³-hybridized carbons (Fsp3) is 0.324. The number of ether oxygens (including phenoxy) is 1. The van der Waals surface area contributed by atoms with Gasteiger partial charge >= 0.3 is 0 Å². The van der Waals surface area contributed by atoms with Crippen molar-refractivity contribution in [1.29, 1.82) is 5.26 Å². The van der Waals surface area contributed by atoms with Crippen LogP contribution in [0.2, 0.25) is 0 Å². The third kappa shape index (κ3) is 5.85. The Kier molecular flexibility index (Phi) is 8.42. The van der Waals surface area contributed by atoms with Crippen LogP contribution < -0.4 is 10.3 Å². The number of aliphatic hydroxyl groups is 1. The van der Waals surface area contributed by atoms with Crippen molar-refractivity contribution in [2.45, 2.75) is 71.0 Å². The first-order valence-corrected chi connectivity index (χ1v) is 14.1. The van der Waals surface area contributed by atoms with E-state index in [4.69, 9.17) is 9.72 Å². The number of aliphatic hydroxyl groups excluding tert-OH is 1. The standard InChI is InChI=1S/C34H35N3O3/c1-3-8-31-30(21-24-13-15-25(16-14-24)29-10-5-4-9-26(29)22-35)34(39)37(23(2)36-31)27-17-19-28(20-18-27)40-33-12-7-6-11-32(33)38/h4-5,9-10,13-20,32-33,38H,3,6-8,11-12,21H2,1-2H3/t32-,33-/m0/s1. The van der Waals surface area contributed by atoms with Crippen LogP contribution in [0.15, 0.2) is 77.6 Å². The highest BCUT2D eigenvalue weighted by molar-refractivity contribution is 5.70. The molecule has 1 N–H and O–H groups in total. The van der Waals surface area contributed by atoms with Gasteiger partial charge in [0, 0.05) is 12.0 Å². The average Bonchev–Trinajstić information content (AvgIpc) is 2.97. The molecule has 2 atom stereocenters. The summed E-state index contributed by atoms with van der Waals surface area (Å²) in [4.78, 5) is 18.8. The number of rotatable bonds is 8. The molecule has 0 aliphatic heterocycles. The molecule has 204 valence electrons. The van der Waals surface area contributed by atoms with Gasteiger partial charge in [-0.1, -0.05) is 62.2 Å². The van der Waals surface area contributed by atoms with E-state index < -0.39 is 6.10 Å². The van der Waals surface area contributed by atoms with Crippen LogP contribution in [-0.2, 0) is 12.8 Å². The topological polar surface area (TPSA) is 88.1 Å². The number of nitriles is 1. The summed E-state index contributed by atoms with van der Waals surface area (Å²) in [5.74, 6) is 1.34. The molecular formula is C34H35N3O3. The van der Waals surface area contributed by atoms with Crippen molar-refractivity contribution in [3.63, 3.8) is 0 Å². The molecule has 1 aromatic heterocycles. The maximum atomic E-state index is 13.9. The van der Waals surface area contributed by atoms with E-state index in [0.29, 0.717) is 29.1 Å². The summed E-state index contributed by atoms with van der Waals surface area (Å²) in [5, 5.41) is 19.7. The normalized spacial score (nSPS) is 16.9. The van der Waals surface area contributed by atoms with Gasteiger partial charge < -0.3 is 9.84 Å². The van der Waals surface area contributed by atoms with Gasteiger partial charge in [0.25, 0.3) is 5.56 Å². The van der Waals surface area contributed by atoms with Gasteiger partial charge in [0.15, 0.2) is 0 Å². The first-order valence-electron chi connectivity index (χ1n) is 14.1. The zero-order chi connectivity index (χ0) is 28.1. The van der Waals surface area contributed by atoms with Gasteiger partial charge in [-0.2, -0.15) is 5.26 Å².